The Kier molecular flexibility index (Phi) is 2.85. The number of hydrogen-bond acceptors (Lipinski definition) is 2. The van der Waals surface area contributed by atoms with Crippen LogP contribution in [0.15, 0.2) is 36.4 Å². The molecule has 3 heteroatoms. The van der Waals surface area contributed by atoms with Gasteiger partial charge in [-0.1, -0.05) is 45.0 Å². The molecule has 0 aliphatic rings. The lowest BCUT2D eigenvalue weighted by Crippen LogP contribution is -2.10. The van der Waals surface area contributed by atoms with Crippen molar-refractivity contribution in [3.05, 3.63) is 47.7 Å². The van der Waals surface area contributed by atoms with Crippen molar-refractivity contribution in [2.24, 2.45) is 0 Å². The van der Waals surface area contributed by atoms with Crippen LogP contribution in [-0.2, 0) is 5.41 Å². The fourth-order valence-corrected chi connectivity index (χ4v) is 2.25. The number of fused-ring (bicyclic) bond motifs is 1. The van der Waals surface area contributed by atoms with Gasteiger partial charge < -0.3 is 4.98 Å². The predicted octanol–water partition coefficient (Wildman–Crippen LogP) is 4.23. The number of hydrogen-bond donors (Lipinski definition) is 1. The number of nitrogens with zero attached hydrogens (tertiary/aromatic N) is 2. The minimum atomic E-state index is 0.172. The van der Waals surface area contributed by atoms with Gasteiger partial charge in [0, 0.05) is 11.3 Å². The number of aryl methyl sites for hydroxylation is 1. The van der Waals surface area contributed by atoms with E-state index in [4.69, 9.17) is 0 Å². The zero-order valence-electron chi connectivity index (χ0n) is 12.4. The summed E-state index contributed by atoms with van der Waals surface area (Å²) in [6.45, 7) is 8.63. The van der Waals surface area contributed by atoms with Gasteiger partial charge in [0.25, 0.3) is 0 Å². The second-order valence-electron chi connectivity index (χ2n) is 6.24. The van der Waals surface area contributed by atoms with Crippen molar-refractivity contribution in [1.82, 2.24) is 15.0 Å². The normalized spacial score (nSPS) is 12.0. The molecule has 2 heterocycles. The molecule has 0 amide bonds. The molecule has 0 aliphatic carbocycles. The number of aromatic amines is 1. The maximum Gasteiger partial charge on any atom is 0.178 e. The first-order chi connectivity index (χ1) is 9.43. The van der Waals surface area contributed by atoms with Crippen LogP contribution in [0.1, 0.15) is 32.0 Å². The van der Waals surface area contributed by atoms with Gasteiger partial charge in [0.05, 0.1) is 5.52 Å². The Morgan fingerprint density at radius 2 is 1.60 bits per heavy atom. The first-order valence-electron chi connectivity index (χ1n) is 6.88. The molecule has 3 rings (SSSR count). The van der Waals surface area contributed by atoms with Crippen molar-refractivity contribution in [1.29, 1.82) is 0 Å². The van der Waals surface area contributed by atoms with Gasteiger partial charge in [-0.3, -0.25) is 0 Å². The Morgan fingerprint density at radius 1 is 0.900 bits per heavy atom. The third-order valence-electron chi connectivity index (χ3n) is 3.51. The molecular weight excluding hydrogens is 246 g/mol. The molecule has 3 nitrogen and oxygen atoms in total. The molecule has 0 fully saturated rings. The average Bonchev–Trinajstić information content (AvgIpc) is 2.80. The molecule has 2 aromatic heterocycles. The van der Waals surface area contributed by atoms with Gasteiger partial charge in [-0.05, 0) is 30.0 Å². The fourth-order valence-electron chi connectivity index (χ4n) is 2.25. The van der Waals surface area contributed by atoms with Crippen LogP contribution in [0.5, 0.6) is 0 Å². The summed E-state index contributed by atoms with van der Waals surface area (Å²) in [6, 6.07) is 12.6. The summed E-state index contributed by atoms with van der Waals surface area (Å²) in [5.74, 6) is 0.874. The van der Waals surface area contributed by atoms with Gasteiger partial charge >= 0.3 is 0 Å². The van der Waals surface area contributed by atoms with Crippen molar-refractivity contribution >= 4 is 11.2 Å². The zero-order valence-corrected chi connectivity index (χ0v) is 12.4. The highest BCUT2D eigenvalue weighted by Crippen LogP contribution is 2.25. The number of H-pyrrole nitrogens is 1. The highest BCUT2D eigenvalue weighted by Gasteiger charge is 2.14. The number of nitrogens with one attached hydrogen (secondary N) is 1. The molecule has 0 aliphatic heterocycles. The Hall–Kier alpha value is -2.16. The third kappa shape index (κ3) is 2.31. The largest absolute Gasteiger partial charge is 0.337 e. The minimum Gasteiger partial charge on any atom is -0.337 e. The molecule has 3 aromatic rings. The van der Waals surface area contributed by atoms with E-state index in [2.05, 4.69) is 60.0 Å². The highest BCUT2D eigenvalue weighted by atomic mass is 15.0. The zero-order chi connectivity index (χ0) is 14.3. The predicted molar refractivity (Wildman–Crippen MR) is 82.8 cm³/mol. The van der Waals surface area contributed by atoms with Crippen LogP contribution < -0.4 is 0 Å². The molecule has 0 saturated carbocycles. The molecule has 0 saturated heterocycles. The molecule has 0 spiro atoms. The van der Waals surface area contributed by atoms with E-state index in [1.54, 1.807) is 0 Å². The fraction of sp³-hybridized carbons (Fsp3) is 0.294. The van der Waals surface area contributed by atoms with Crippen LogP contribution in [0.25, 0.3) is 22.6 Å². The van der Waals surface area contributed by atoms with E-state index < -0.39 is 0 Å². The third-order valence-corrected chi connectivity index (χ3v) is 3.51. The smallest absolute Gasteiger partial charge is 0.178 e. The maximum atomic E-state index is 4.57. The van der Waals surface area contributed by atoms with Gasteiger partial charge in [0.2, 0.25) is 0 Å². The Bertz CT molecular complexity index is 746. The molecule has 0 unspecified atom stereocenters. The topological polar surface area (TPSA) is 41.6 Å². The average molecular weight is 265 g/mol. The summed E-state index contributed by atoms with van der Waals surface area (Å²) in [5.41, 5.74) is 5.33. The van der Waals surface area contributed by atoms with Crippen LogP contribution in [-0.4, -0.2) is 15.0 Å². The second-order valence-corrected chi connectivity index (χ2v) is 6.24. The summed E-state index contributed by atoms with van der Waals surface area (Å²) < 4.78 is 0. The van der Waals surface area contributed by atoms with Crippen molar-refractivity contribution < 1.29 is 0 Å². The van der Waals surface area contributed by atoms with Crippen LogP contribution in [0, 0.1) is 6.92 Å². The Labute approximate surface area is 119 Å². The van der Waals surface area contributed by atoms with Gasteiger partial charge in [-0.2, -0.15) is 0 Å². The van der Waals surface area contributed by atoms with Gasteiger partial charge in [0.1, 0.15) is 5.82 Å². The molecule has 1 N–H and O–H groups in total. The van der Waals surface area contributed by atoms with Crippen molar-refractivity contribution in [3.8, 4) is 11.4 Å². The van der Waals surface area contributed by atoms with E-state index >= 15 is 0 Å². The summed E-state index contributed by atoms with van der Waals surface area (Å²) in [5, 5.41) is 0. The summed E-state index contributed by atoms with van der Waals surface area (Å²) in [7, 11) is 0. The molecule has 0 bridgehead atoms. The number of pyridine rings is 1. The van der Waals surface area contributed by atoms with E-state index in [1.165, 1.54) is 5.56 Å². The minimum absolute atomic E-state index is 0.172. The van der Waals surface area contributed by atoms with Gasteiger partial charge in [-0.15, -0.1) is 0 Å². The summed E-state index contributed by atoms with van der Waals surface area (Å²) in [6.07, 6.45) is 0. The Morgan fingerprint density at radius 3 is 2.25 bits per heavy atom. The van der Waals surface area contributed by atoms with Crippen molar-refractivity contribution in [3.63, 3.8) is 0 Å². The SMILES string of the molecule is Cc1ccc2[nH]c(-c3ccc(C(C)(C)C)cc3)nc2n1. The molecule has 0 radical (unpaired) electrons. The number of rotatable bonds is 1. The standard InChI is InChI=1S/C17H19N3/c1-11-5-10-14-16(18-11)20-15(19-14)12-6-8-13(9-7-12)17(2,3)4/h5-10H,1-4H3,(H,18,19,20). The lowest BCUT2D eigenvalue weighted by Gasteiger charge is -2.18. The first-order valence-corrected chi connectivity index (χ1v) is 6.88. The molecule has 0 atom stereocenters. The molecule has 20 heavy (non-hydrogen) atoms. The number of aromatic nitrogens is 3. The molecule has 102 valence electrons. The van der Waals surface area contributed by atoms with Crippen molar-refractivity contribution in [2.45, 2.75) is 33.1 Å². The number of imidazole rings is 1. The number of benzene rings is 1. The van der Waals surface area contributed by atoms with Crippen molar-refractivity contribution in [2.75, 3.05) is 0 Å². The van der Waals surface area contributed by atoms with Gasteiger partial charge in [-0.25, -0.2) is 9.97 Å². The van der Waals surface area contributed by atoms with E-state index in [0.717, 1.165) is 28.2 Å². The van der Waals surface area contributed by atoms with Gasteiger partial charge in [0.15, 0.2) is 5.65 Å². The monoisotopic (exact) mass is 265 g/mol. The van der Waals surface area contributed by atoms with E-state index in [1.807, 2.05) is 19.1 Å². The summed E-state index contributed by atoms with van der Waals surface area (Å²) in [4.78, 5) is 12.3. The van der Waals surface area contributed by atoms with Crippen LogP contribution in [0.4, 0.5) is 0 Å². The lowest BCUT2D eigenvalue weighted by molar-refractivity contribution is 0.590. The second kappa shape index (κ2) is 4.44. The van der Waals surface area contributed by atoms with E-state index in [9.17, 15) is 0 Å². The van der Waals surface area contributed by atoms with Crippen LogP contribution >= 0.6 is 0 Å². The van der Waals surface area contributed by atoms with E-state index in [0.29, 0.717) is 0 Å². The lowest BCUT2D eigenvalue weighted by atomic mass is 9.87. The van der Waals surface area contributed by atoms with Crippen LogP contribution in [0.3, 0.4) is 0 Å². The van der Waals surface area contributed by atoms with Crippen LogP contribution in [0.2, 0.25) is 0 Å². The quantitative estimate of drug-likeness (QED) is 0.715. The Balaban J connectivity index is 2.02. The molecular formula is C17H19N3. The highest BCUT2D eigenvalue weighted by molar-refractivity contribution is 5.76. The molecule has 1 aromatic carbocycles. The first kappa shape index (κ1) is 12.9. The van der Waals surface area contributed by atoms with E-state index in [-0.39, 0.29) is 5.41 Å². The maximum absolute atomic E-state index is 4.57. The summed E-state index contributed by atoms with van der Waals surface area (Å²) >= 11 is 0.